The quantitative estimate of drug-likeness (QED) is 0.811. The number of ether oxygens (including phenoxy) is 1. The van der Waals surface area contributed by atoms with Gasteiger partial charge in [0.1, 0.15) is 0 Å². The monoisotopic (exact) mass is 298 g/mol. The topological polar surface area (TPSA) is 78.9 Å². The van der Waals surface area contributed by atoms with Crippen molar-refractivity contribution < 1.29 is 19.4 Å². The van der Waals surface area contributed by atoms with Crippen LogP contribution in [0.5, 0.6) is 0 Å². The number of hydrogen-bond acceptors (Lipinski definition) is 3. The molecular weight excluding hydrogens is 272 g/mol. The number of hydrogen-bond donors (Lipinski definition) is 2. The fraction of sp³-hybridized carbons (Fsp3) is 0.867. The highest BCUT2D eigenvalue weighted by atomic mass is 16.5. The van der Waals surface area contributed by atoms with Crippen LogP contribution < -0.4 is 5.32 Å². The summed E-state index contributed by atoms with van der Waals surface area (Å²) in [4.78, 5) is 25.3. The highest BCUT2D eigenvalue weighted by Crippen LogP contribution is 2.40. The highest BCUT2D eigenvalue weighted by molar-refractivity contribution is 5.76. The summed E-state index contributed by atoms with van der Waals surface area (Å²) in [6.07, 6.45) is 3.80. The summed E-state index contributed by atoms with van der Waals surface area (Å²) in [6.45, 7) is 4.34. The summed E-state index contributed by atoms with van der Waals surface area (Å²) in [5.41, 5.74) is -0.400. The molecule has 0 radical (unpaired) electrons. The summed E-state index contributed by atoms with van der Waals surface area (Å²) in [6, 6.07) is 0.330. The molecule has 2 amide bonds. The van der Waals surface area contributed by atoms with E-state index in [1.54, 1.807) is 7.11 Å². The fourth-order valence-corrected chi connectivity index (χ4v) is 3.79. The van der Waals surface area contributed by atoms with Gasteiger partial charge >= 0.3 is 12.0 Å². The summed E-state index contributed by atoms with van der Waals surface area (Å²) in [5.74, 6) is -0.533. The van der Waals surface area contributed by atoms with Gasteiger partial charge in [0.25, 0.3) is 0 Å². The Bertz CT molecular complexity index is 396. The molecule has 0 aliphatic carbocycles. The number of carbonyl (C=O) groups is 2. The Morgan fingerprint density at radius 2 is 1.86 bits per heavy atom. The molecule has 120 valence electrons. The minimum absolute atomic E-state index is 0.0432. The van der Waals surface area contributed by atoms with Crippen LogP contribution in [0.4, 0.5) is 4.79 Å². The molecule has 2 N–H and O–H groups in total. The van der Waals surface area contributed by atoms with E-state index in [1.807, 2.05) is 18.7 Å². The molecule has 6 nitrogen and oxygen atoms in total. The standard InChI is InChI=1S/C15H26N2O4/c1-15(2,9-21-3)16-14(20)17-11-4-5-12(17)7-10(6-11)8-13(18)19/h10-12H,4-9H2,1-3H3,(H,16,20)(H,18,19). The van der Waals surface area contributed by atoms with E-state index in [2.05, 4.69) is 5.32 Å². The van der Waals surface area contributed by atoms with E-state index in [0.29, 0.717) is 6.61 Å². The van der Waals surface area contributed by atoms with Crippen molar-refractivity contribution in [3.63, 3.8) is 0 Å². The lowest BCUT2D eigenvalue weighted by Crippen LogP contribution is -2.57. The zero-order valence-corrected chi connectivity index (χ0v) is 13.1. The normalized spacial score (nSPS) is 28.5. The van der Waals surface area contributed by atoms with Crippen molar-refractivity contribution in [1.29, 1.82) is 0 Å². The predicted molar refractivity (Wildman–Crippen MR) is 78.1 cm³/mol. The van der Waals surface area contributed by atoms with Crippen LogP contribution in [0.3, 0.4) is 0 Å². The predicted octanol–water partition coefficient (Wildman–Crippen LogP) is 1.84. The van der Waals surface area contributed by atoms with Gasteiger partial charge in [0, 0.05) is 25.6 Å². The number of piperidine rings is 1. The second kappa shape index (κ2) is 6.22. The maximum absolute atomic E-state index is 12.5. The van der Waals surface area contributed by atoms with Crippen LogP contribution in [0.2, 0.25) is 0 Å². The Labute approximate surface area is 125 Å². The van der Waals surface area contributed by atoms with Gasteiger partial charge in [0.15, 0.2) is 0 Å². The minimum atomic E-state index is -0.737. The third-order valence-electron chi connectivity index (χ3n) is 4.48. The van der Waals surface area contributed by atoms with Crippen LogP contribution in [-0.4, -0.2) is 53.3 Å². The van der Waals surface area contributed by atoms with Crippen molar-refractivity contribution in [3.05, 3.63) is 0 Å². The molecule has 2 saturated heterocycles. The van der Waals surface area contributed by atoms with Crippen LogP contribution in [0.15, 0.2) is 0 Å². The maximum atomic E-state index is 12.5. The van der Waals surface area contributed by atoms with Crippen LogP contribution >= 0.6 is 0 Å². The molecule has 2 heterocycles. The van der Waals surface area contributed by atoms with E-state index in [4.69, 9.17) is 9.84 Å². The molecule has 2 rings (SSSR count). The van der Waals surface area contributed by atoms with E-state index < -0.39 is 11.5 Å². The summed E-state index contributed by atoms with van der Waals surface area (Å²) in [5, 5.41) is 12.0. The van der Waals surface area contributed by atoms with Crippen molar-refractivity contribution in [2.45, 2.75) is 63.6 Å². The minimum Gasteiger partial charge on any atom is -0.481 e. The average Bonchev–Trinajstić information content (AvgIpc) is 2.60. The Hall–Kier alpha value is -1.30. The molecule has 6 heteroatoms. The summed E-state index contributed by atoms with van der Waals surface area (Å²) in [7, 11) is 1.62. The van der Waals surface area contributed by atoms with Gasteiger partial charge in [-0.05, 0) is 45.4 Å². The lowest BCUT2D eigenvalue weighted by atomic mass is 9.88. The van der Waals surface area contributed by atoms with Crippen LogP contribution in [0.1, 0.15) is 46.0 Å². The lowest BCUT2D eigenvalue weighted by molar-refractivity contribution is -0.138. The molecule has 0 aromatic carbocycles. The van der Waals surface area contributed by atoms with Gasteiger partial charge in [-0.25, -0.2) is 4.79 Å². The van der Waals surface area contributed by atoms with E-state index >= 15 is 0 Å². The van der Waals surface area contributed by atoms with E-state index in [9.17, 15) is 9.59 Å². The molecule has 21 heavy (non-hydrogen) atoms. The Morgan fingerprint density at radius 3 is 2.33 bits per heavy atom. The first-order chi connectivity index (χ1) is 9.82. The molecule has 0 saturated carbocycles. The number of nitrogens with one attached hydrogen (secondary N) is 1. The highest BCUT2D eigenvalue weighted by Gasteiger charge is 2.44. The molecule has 2 unspecified atom stereocenters. The number of amides is 2. The van der Waals surface area contributed by atoms with Gasteiger partial charge < -0.3 is 20.1 Å². The number of nitrogens with zero attached hydrogens (tertiary/aromatic N) is 1. The fourth-order valence-electron chi connectivity index (χ4n) is 3.79. The van der Waals surface area contributed by atoms with Gasteiger partial charge in [-0.3, -0.25) is 4.79 Å². The van der Waals surface area contributed by atoms with E-state index in [1.165, 1.54) is 0 Å². The van der Waals surface area contributed by atoms with E-state index in [-0.39, 0.29) is 30.5 Å². The first-order valence-electron chi connectivity index (χ1n) is 7.63. The van der Waals surface area contributed by atoms with Crippen LogP contribution in [-0.2, 0) is 9.53 Å². The molecule has 2 bridgehead atoms. The zero-order valence-electron chi connectivity index (χ0n) is 13.1. The summed E-state index contributed by atoms with van der Waals surface area (Å²) >= 11 is 0. The smallest absolute Gasteiger partial charge is 0.318 e. The van der Waals surface area contributed by atoms with Crippen molar-refractivity contribution in [2.24, 2.45) is 5.92 Å². The van der Waals surface area contributed by atoms with Gasteiger partial charge in [-0.2, -0.15) is 0 Å². The first-order valence-corrected chi connectivity index (χ1v) is 7.63. The summed E-state index contributed by atoms with van der Waals surface area (Å²) < 4.78 is 5.13. The number of fused-ring (bicyclic) bond motifs is 2. The number of rotatable bonds is 5. The second-order valence-corrected chi connectivity index (χ2v) is 6.97. The van der Waals surface area contributed by atoms with Crippen molar-refractivity contribution in [1.82, 2.24) is 10.2 Å². The maximum Gasteiger partial charge on any atom is 0.318 e. The van der Waals surface area contributed by atoms with E-state index in [0.717, 1.165) is 25.7 Å². The molecule has 2 atom stereocenters. The van der Waals surface area contributed by atoms with Crippen LogP contribution in [0, 0.1) is 5.92 Å². The second-order valence-electron chi connectivity index (χ2n) is 6.97. The molecule has 2 aliphatic heterocycles. The molecule has 2 aliphatic rings. The van der Waals surface area contributed by atoms with Crippen molar-refractivity contribution in [3.8, 4) is 0 Å². The van der Waals surface area contributed by atoms with Crippen molar-refractivity contribution >= 4 is 12.0 Å². The third-order valence-corrected chi connectivity index (χ3v) is 4.48. The number of carboxylic acids is 1. The largest absolute Gasteiger partial charge is 0.481 e. The van der Waals surface area contributed by atoms with Gasteiger partial charge in [0.05, 0.1) is 12.1 Å². The first kappa shape index (κ1) is 16.1. The van der Waals surface area contributed by atoms with Crippen molar-refractivity contribution in [2.75, 3.05) is 13.7 Å². The molecule has 0 aromatic heterocycles. The molecule has 2 fully saturated rings. The Balaban J connectivity index is 1.96. The third kappa shape index (κ3) is 3.87. The number of carboxylic acid groups (broad SMARTS) is 1. The van der Waals surface area contributed by atoms with Gasteiger partial charge in [0.2, 0.25) is 0 Å². The van der Waals surface area contributed by atoms with Crippen LogP contribution in [0.25, 0.3) is 0 Å². The van der Waals surface area contributed by atoms with Gasteiger partial charge in [-0.1, -0.05) is 0 Å². The Kier molecular flexibility index (Phi) is 4.76. The lowest BCUT2D eigenvalue weighted by Gasteiger charge is -2.40. The molecule has 0 spiro atoms. The molecule has 0 aromatic rings. The molecular formula is C15H26N2O4. The SMILES string of the molecule is COCC(C)(C)NC(=O)N1C2CCC1CC(CC(=O)O)C2. The Morgan fingerprint density at radius 1 is 1.29 bits per heavy atom. The zero-order chi connectivity index (χ0) is 15.6. The number of aliphatic carboxylic acids is 1. The number of methoxy groups -OCH3 is 1. The average molecular weight is 298 g/mol. The van der Waals surface area contributed by atoms with Gasteiger partial charge in [-0.15, -0.1) is 0 Å². The number of urea groups is 1. The number of carbonyl (C=O) groups excluding carboxylic acids is 1.